The minimum Gasteiger partial charge on any atom is -0.390 e. The molecule has 3 N–H and O–H groups in total. The van der Waals surface area contributed by atoms with Crippen LogP contribution in [0, 0.1) is 0 Å². The van der Waals surface area contributed by atoms with Gasteiger partial charge in [-0.05, 0) is 51.3 Å². The Morgan fingerprint density at radius 1 is 0.941 bits per heavy atom. The molecule has 0 rings (SSSR count). The molecule has 0 aliphatic carbocycles. The standard InChI is InChI=1S/C24H48N4O4S2/c1-8-12-21(29)26(6)20(18-34-15-11-14-33-16-13-28(9-2)10-3)23(31)27(7)19(22(25)30)17-24(4,5)32/h19-20,32H,8-18H2,1-7H3,(H2,25,30)/t19-,20+/m0/s1. The first-order valence-corrected chi connectivity index (χ1v) is 14.6. The summed E-state index contributed by atoms with van der Waals surface area (Å²) in [5.41, 5.74) is 4.39. The van der Waals surface area contributed by atoms with Crippen molar-refractivity contribution in [3.05, 3.63) is 0 Å². The molecule has 34 heavy (non-hydrogen) atoms. The number of likely N-dealkylation sites (N-methyl/N-ethyl adjacent to an activating group) is 2. The van der Waals surface area contributed by atoms with E-state index in [1.165, 1.54) is 16.8 Å². The Labute approximate surface area is 215 Å². The molecular weight excluding hydrogens is 472 g/mol. The Bertz CT molecular complexity index is 612. The lowest BCUT2D eigenvalue weighted by atomic mass is 9.97. The van der Waals surface area contributed by atoms with Crippen LogP contribution in [0.3, 0.4) is 0 Å². The van der Waals surface area contributed by atoms with Crippen LogP contribution in [0.4, 0.5) is 0 Å². The molecule has 2 atom stereocenters. The molecule has 0 unspecified atom stereocenters. The van der Waals surface area contributed by atoms with E-state index in [4.69, 9.17) is 5.73 Å². The van der Waals surface area contributed by atoms with E-state index in [2.05, 4.69) is 18.7 Å². The van der Waals surface area contributed by atoms with Crippen molar-refractivity contribution in [2.24, 2.45) is 5.73 Å². The van der Waals surface area contributed by atoms with Crippen LogP contribution in [0.15, 0.2) is 0 Å². The normalized spacial score (nSPS) is 13.6. The number of carbonyl (C=O) groups excluding carboxylic acids is 3. The van der Waals surface area contributed by atoms with Crippen LogP contribution < -0.4 is 5.73 Å². The number of nitrogens with two attached hydrogens (primary N) is 1. The number of hydrogen-bond donors (Lipinski definition) is 2. The summed E-state index contributed by atoms with van der Waals surface area (Å²) in [4.78, 5) is 43.2. The predicted octanol–water partition coefficient (Wildman–Crippen LogP) is 2.29. The SMILES string of the molecule is CCCC(=O)N(C)[C@H](CSCCCSCCN(CC)CC)C(=O)N(C)[C@@H](CC(C)(C)O)C(N)=O. The Kier molecular flexibility index (Phi) is 17.0. The van der Waals surface area contributed by atoms with E-state index in [-0.39, 0.29) is 18.2 Å². The molecular formula is C24H48N4O4S2. The maximum atomic E-state index is 13.4. The van der Waals surface area contributed by atoms with Crippen molar-refractivity contribution in [2.75, 3.05) is 56.7 Å². The number of nitrogens with zero attached hydrogens (tertiary/aromatic N) is 3. The van der Waals surface area contributed by atoms with Crippen LogP contribution in [-0.4, -0.2) is 112 Å². The molecule has 0 saturated heterocycles. The molecule has 0 spiro atoms. The molecule has 0 aliphatic rings. The van der Waals surface area contributed by atoms with Crippen LogP contribution in [0.25, 0.3) is 0 Å². The van der Waals surface area contributed by atoms with E-state index in [0.29, 0.717) is 18.6 Å². The average Bonchev–Trinajstić information content (AvgIpc) is 2.77. The van der Waals surface area contributed by atoms with Gasteiger partial charge in [0, 0.05) is 45.0 Å². The fourth-order valence-electron chi connectivity index (χ4n) is 3.50. The fourth-order valence-corrected chi connectivity index (χ4v) is 5.72. The molecule has 0 saturated carbocycles. The van der Waals surface area contributed by atoms with Gasteiger partial charge in [0.25, 0.3) is 0 Å². The summed E-state index contributed by atoms with van der Waals surface area (Å²) in [6.07, 6.45) is 2.11. The van der Waals surface area contributed by atoms with E-state index < -0.39 is 23.6 Å². The van der Waals surface area contributed by atoms with Crippen molar-refractivity contribution >= 4 is 41.2 Å². The number of amides is 3. The molecule has 200 valence electrons. The molecule has 0 radical (unpaired) electrons. The fraction of sp³-hybridized carbons (Fsp3) is 0.875. The molecule has 0 aromatic carbocycles. The van der Waals surface area contributed by atoms with Gasteiger partial charge in [0.15, 0.2) is 0 Å². The summed E-state index contributed by atoms with van der Waals surface area (Å²) in [5, 5.41) is 10.2. The minimum atomic E-state index is -1.16. The number of carbonyl (C=O) groups is 3. The highest BCUT2D eigenvalue weighted by Gasteiger charge is 2.36. The smallest absolute Gasteiger partial charge is 0.246 e. The summed E-state index contributed by atoms with van der Waals surface area (Å²) in [6.45, 7) is 12.7. The second kappa shape index (κ2) is 17.5. The first-order chi connectivity index (χ1) is 15.9. The van der Waals surface area contributed by atoms with E-state index in [1.54, 1.807) is 32.7 Å². The van der Waals surface area contributed by atoms with Crippen LogP contribution in [0.5, 0.6) is 0 Å². The highest BCUT2D eigenvalue weighted by Crippen LogP contribution is 2.19. The van der Waals surface area contributed by atoms with Gasteiger partial charge in [0.05, 0.1) is 5.60 Å². The average molecular weight is 521 g/mol. The third-order valence-corrected chi connectivity index (χ3v) is 7.92. The van der Waals surface area contributed by atoms with E-state index in [9.17, 15) is 19.5 Å². The van der Waals surface area contributed by atoms with E-state index >= 15 is 0 Å². The topological polar surface area (TPSA) is 107 Å². The molecule has 10 heteroatoms. The van der Waals surface area contributed by atoms with Crippen molar-refractivity contribution in [1.82, 2.24) is 14.7 Å². The second-order valence-corrected chi connectivity index (χ2v) is 11.6. The van der Waals surface area contributed by atoms with Crippen molar-refractivity contribution in [1.29, 1.82) is 0 Å². The van der Waals surface area contributed by atoms with Crippen molar-refractivity contribution in [3.8, 4) is 0 Å². The maximum Gasteiger partial charge on any atom is 0.246 e. The Morgan fingerprint density at radius 2 is 1.53 bits per heavy atom. The lowest BCUT2D eigenvalue weighted by Gasteiger charge is -2.35. The van der Waals surface area contributed by atoms with E-state index in [1.807, 2.05) is 18.7 Å². The van der Waals surface area contributed by atoms with Crippen molar-refractivity contribution < 1.29 is 19.5 Å². The Hall–Kier alpha value is -0.970. The first kappa shape index (κ1) is 33.0. The number of thioether (sulfide) groups is 2. The van der Waals surface area contributed by atoms with Gasteiger partial charge in [-0.1, -0.05) is 20.8 Å². The Morgan fingerprint density at radius 3 is 2.03 bits per heavy atom. The minimum absolute atomic E-state index is 0.0295. The molecule has 0 heterocycles. The van der Waals surface area contributed by atoms with Gasteiger partial charge in [-0.15, -0.1) is 0 Å². The number of hydrogen-bond acceptors (Lipinski definition) is 7. The van der Waals surface area contributed by atoms with Gasteiger partial charge in [0.2, 0.25) is 17.7 Å². The summed E-state index contributed by atoms with van der Waals surface area (Å²) < 4.78 is 0. The number of primary amides is 1. The monoisotopic (exact) mass is 520 g/mol. The lowest BCUT2D eigenvalue weighted by Crippen LogP contribution is -2.56. The lowest BCUT2D eigenvalue weighted by molar-refractivity contribution is -0.147. The largest absolute Gasteiger partial charge is 0.390 e. The van der Waals surface area contributed by atoms with Gasteiger partial charge in [-0.25, -0.2) is 0 Å². The van der Waals surface area contributed by atoms with Gasteiger partial charge >= 0.3 is 0 Å². The predicted molar refractivity (Wildman–Crippen MR) is 145 cm³/mol. The maximum absolute atomic E-state index is 13.4. The molecule has 0 fully saturated rings. The van der Waals surface area contributed by atoms with Gasteiger partial charge in [-0.2, -0.15) is 23.5 Å². The van der Waals surface area contributed by atoms with Crippen molar-refractivity contribution in [3.63, 3.8) is 0 Å². The molecule has 0 aromatic rings. The molecule has 8 nitrogen and oxygen atoms in total. The first-order valence-electron chi connectivity index (χ1n) is 12.3. The number of rotatable bonds is 19. The second-order valence-electron chi connectivity index (χ2n) is 9.22. The van der Waals surface area contributed by atoms with E-state index in [0.717, 1.165) is 43.3 Å². The van der Waals surface area contributed by atoms with Gasteiger partial charge < -0.3 is 25.5 Å². The van der Waals surface area contributed by atoms with Crippen LogP contribution >= 0.6 is 23.5 Å². The summed E-state index contributed by atoms with van der Waals surface area (Å²) in [5.74, 6) is 2.42. The highest BCUT2D eigenvalue weighted by atomic mass is 32.2. The van der Waals surface area contributed by atoms with Crippen molar-refractivity contribution in [2.45, 2.75) is 78.0 Å². The van der Waals surface area contributed by atoms with Crippen LogP contribution in [0.2, 0.25) is 0 Å². The highest BCUT2D eigenvalue weighted by molar-refractivity contribution is 8.00. The molecule has 0 bridgehead atoms. The zero-order valence-electron chi connectivity index (χ0n) is 22.3. The summed E-state index contributed by atoms with van der Waals surface area (Å²) in [7, 11) is 3.17. The molecule has 3 amide bonds. The third-order valence-electron chi connectivity index (χ3n) is 5.75. The number of aliphatic hydroxyl groups is 1. The summed E-state index contributed by atoms with van der Waals surface area (Å²) >= 11 is 3.59. The zero-order chi connectivity index (χ0) is 26.3. The quantitative estimate of drug-likeness (QED) is 0.252. The summed E-state index contributed by atoms with van der Waals surface area (Å²) in [6, 6.07) is -1.63. The van der Waals surface area contributed by atoms with Crippen LogP contribution in [-0.2, 0) is 14.4 Å². The third kappa shape index (κ3) is 13.2. The Balaban J connectivity index is 5.00. The van der Waals surface area contributed by atoms with Gasteiger partial charge in [0.1, 0.15) is 12.1 Å². The molecule has 0 aromatic heterocycles. The molecule has 0 aliphatic heterocycles. The van der Waals surface area contributed by atoms with Gasteiger partial charge in [-0.3, -0.25) is 14.4 Å². The zero-order valence-corrected chi connectivity index (χ0v) is 24.0. The van der Waals surface area contributed by atoms with Crippen LogP contribution in [0.1, 0.15) is 60.3 Å².